The zero-order valence-corrected chi connectivity index (χ0v) is 17.8. The summed E-state index contributed by atoms with van der Waals surface area (Å²) in [6.45, 7) is 6.63. The van der Waals surface area contributed by atoms with E-state index in [2.05, 4.69) is 17.6 Å². The largest absolute Gasteiger partial charge is 0.494 e. The number of anilines is 1. The first-order valence-electron chi connectivity index (χ1n) is 10.7. The van der Waals surface area contributed by atoms with E-state index in [0.29, 0.717) is 25.3 Å². The van der Waals surface area contributed by atoms with Crippen LogP contribution in [0.2, 0.25) is 0 Å². The molecule has 2 N–H and O–H groups in total. The first-order chi connectivity index (χ1) is 14.5. The number of piperidine rings is 1. The van der Waals surface area contributed by atoms with Crippen molar-refractivity contribution < 1.29 is 14.3 Å². The van der Waals surface area contributed by atoms with E-state index in [1.165, 1.54) is 0 Å². The van der Waals surface area contributed by atoms with Crippen LogP contribution in [-0.4, -0.2) is 43.1 Å². The molecular formula is C24H31N3O3. The Morgan fingerprint density at radius 3 is 2.73 bits per heavy atom. The fourth-order valence-corrected chi connectivity index (χ4v) is 3.59. The standard InChI is InChI=1S/C24H31N3O3/c1-3-14-30-22-8-4-7-20(15-22)23(28)27-13-5-6-19(17-27)16-25-24(29)26-21-11-9-18(2)10-12-21/h4,7-12,15,19H,3,5-6,13-14,16-17H2,1-2H3,(H2,25,26,29). The quantitative estimate of drug-likeness (QED) is 0.709. The van der Waals surface area contributed by atoms with Crippen LogP contribution in [0.3, 0.4) is 0 Å². The van der Waals surface area contributed by atoms with E-state index in [0.717, 1.165) is 42.8 Å². The first kappa shape index (κ1) is 21.7. The third kappa shape index (κ3) is 6.24. The minimum atomic E-state index is -0.219. The average molecular weight is 410 g/mol. The second kappa shape index (κ2) is 10.7. The molecule has 1 fully saturated rings. The van der Waals surface area contributed by atoms with Crippen molar-refractivity contribution in [3.05, 3.63) is 59.7 Å². The lowest BCUT2D eigenvalue weighted by molar-refractivity contribution is 0.0674. The normalized spacial score (nSPS) is 16.1. The highest BCUT2D eigenvalue weighted by Crippen LogP contribution is 2.20. The predicted molar refractivity (Wildman–Crippen MR) is 119 cm³/mol. The number of likely N-dealkylation sites (tertiary alicyclic amines) is 1. The van der Waals surface area contributed by atoms with Gasteiger partial charge in [-0.15, -0.1) is 0 Å². The lowest BCUT2D eigenvalue weighted by Crippen LogP contribution is -2.44. The van der Waals surface area contributed by atoms with E-state index < -0.39 is 0 Å². The minimum absolute atomic E-state index is 0.0192. The SMILES string of the molecule is CCCOc1cccc(C(=O)N2CCCC(CNC(=O)Nc3ccc(C)cc3)C2)c1. The first-order valence-corrected chi connectivity index (χ1v) is 10.7. The number of hydrogen-bond acceptors (Lipinski definition) is 3. The van der Waals surface area contributed by atoms with Gasteiger partial charge in [0.05, 0.1) is 6.61 Å². The predicted octanol–water partition coefficient (Wildman–Crippen LogP) is 4.46. The zero-order chi connectivity index (χ0) is 21.3. The molecule has 1 unspecified atom stereocenters. The summed E-state index contributed by atoms with van der Waals surface area (Å²) in [5, 5.41) is 5.79. The maximum absolute atomic E-state index is 12.9. The Balaban J connectivity index is 1.50. The van der Waals surface area contributed by atoms with Crippen LogP contribution in [-0.2, 0) is 0 Å². The molecule has 1 aliphatic rings. The molecule has 6 nitrogen and oxygen atoms in total. The van der Waals surface area contributed by atoms with Gasteiger partial charge in [-0.1, -0.05) is 30.7 Å². The van der Waals surface area contributed by atoms with Crippen molar-refractivity contribution in [2.45, 2.75) is 33.1 Å². The molecule has 6 heteroatoms. The Morgan fingerprint density at radius 2 is 1.97 bits per heavy atom. The number of carbonyl (C=O) groups excluding carboxylic acids is 2. The van der Waals surface area contributed by atoms with Gasteiger partial charge in [-0.2, -0.15) is 0 Å². The fraction of sp³-hybridized carbons (Fsp3) is 0.417. The molecule has 1 atom stereocenters. The Hall–Kier alpha value is -3.02. The number of benzene rings is 2. The van der Waals surface area contributed by atoms with Crippen molar-refractivity contribution in [2.75, 3.05) is 31.6 Å². The smallest absolute Gasteiger partial charge is 0.319 e. The zero-order valence-electron chi connectivity index (χ0n) is 17.8. The van der Waals surface area contributed by atoms with Crippen LogP contribution in [0.1, 0.15) is 42.1 Å². The third-order valence-electron chi connectivity index (χ3n) is 5.22. The topological polar surface area (TPSA) is 70.7 Å². The van der Waals surface area contributed by atoms with E-state index in [4.69, 9.17) is 4.74 Å². The molecule has 160 valence electrons. The van der Waals surface area contributed by atoms with E-state index >= 15 is 0 Å². The Morgan fingerprint density at radius 1 is 1.17 bits per heavy atom. The van der Waals surface area contributed by atoms with E-state index in [9.17, 15) is 9.59 Å². The molecule has 2 aromatic carbocycles. The number of hydrogen-bond donors (Lipinski definition) is 2. The molecule has 3 rings (SSSR count). The summed E-state index contributed by atoms with van der Waals surface area (Å²) < 4.78 is 5.65. The van der Waals surface area contributed by atoms with Gasteiger partial charge in [-0.25, -0.2) is 4.79 Å². The monoisotopic (exact) mass is 409 g/mol. The van der Waals surface area contributed by atoms with Gasteiger partial charge in [-0.3, -0.25) is 4.79 Å². The number of rotatable bonds is 7. The van der Waals surface area contributed by atoms with Gasteiger partial charge >= 0.3 is 6.03 Å². The highest BCUT2D eigenvalue weighted by molar-refractivity contribution is 5.94. The molecule has 1 saturated heterocycles. The maximum Gasteiger partial charge on any atom is 0.319 e. The average Bonchev–Trinajstić information content (AvgIpc) is 2.78. The molecule has 0 bridgehead atoms. The van der Waals surface area contributed by atoms with Gasteiger partial charge in [0.15, 0.2) is 0 Å². The van der Waals surface area contributed by atoms with Gasteiger partial charge in [0, 0.05) is 30.9 Å². The van der Waals surface area contributed by atoms with Crippen molar-refractivity contribution in [2.24, 2.45) is 5.92 Å². The minimum Gasteiger partial charge on any atom is -0.494 e. The van der Waals surface area contributed by atoms with Gasteiger partial charge in [0.25, 0.3) is 5.91 Å². The molecule has 0 radical (unpaired) electrons. The van der Waals surface area contributed by atoms with Crippen LogP contribution < -0.4 is 15.4 Å². The summed E-state index contributed by atoms with van der Waals surface area (Å²) in [5.74, 6) is 0.988. The van der Waals surface area contributed by atoms with Crippen molar-refractivity contribution in [1.29, 1.82) is 0 Å². The summed E-state index contributed by atoms with van der Waals surface area (Å²) in [4.78, 5) is 27.0. The molecule has 30 heavy (non-hydrogen) atoms. The van der Waals surface area contributed by atoms with Crippen molar-refractivity contribution >= 4 is 17.6 Å². The van der Waals surface area contributed by atoms with Crippen LogP contribution in [0.25, 0.3) is 0 Å². The number of aryl methyl sites for hydroxylation is 1. The van der Waals surface area contributed by atoms with Crippen LogP contribution >= 0.6 is 0 Å². The summed E-state index contributed by atoms with van der Waals surface area (Å²) in [6.07, 6.45) is 2.86. The Bertz CT molecular complexity index is 851. The van der Waals surface area contributed by atoms with Gasteiger partial charge in [0.2, 0.25) is 0 Å². The molecule has 0 aromatic heterocycles. The van der Waals surface area contributed by atoms with Crippen LogP contribution in [0.15, 0.2) is 48.5 Å². The molecule has 1 aliphatic heterocycles. The van der Waals surface area contributed by atoms with Crippen LogP contribution in [0.5, 0.6) is 5.75 Å². The Labute approximate surface area is 178 Å². The van der Waals surface area contributed by atoms with E-state index in [1.54, 1.807) is 0 Å². The van der Waals surface area contributed by atoms with Crippen molar-refractivity contribution in [3.63, 3.8) is 0 Å². The highest BCUT2D eigenvalue weighted by Gasteiger charge is 2.25. The summed E-state index contributed by atoms with van der Waals surface area (Å²) in [5.41, 5.74) is 2.56. The van der Waals surface area contributed by atoms with Crippen LogP contribution in [0.4, 0.5) is 10.5 Å². The van der Waals surface area contributed by atoms with Crippen LogP contribution in [0, 0.1) is 12.8 Å². The second-order valence-corrected chi connectivity index (χ2v) is 7.84. The van der Waals surface area contributed by atoms with Crippen molar-refractivity contribution in [1.82, 2.24) is 10.2 Å². The number of nitrogens with one attached hydrogen (secondary N) is 2. The van der Waals surface area contributed by atoms with E-state index in [-0.39, 0.29) is 17.9 Å². The molecule has 0 saturated carbocycles. The van der Waals surface area contributed by atoms with Crippen molar-refractivity contribution in [3.8, 4) is 5.75 Å². The summed E-state index contributed by atoms with van der Waals surface area (Å²) in [6, 6.07) is 14.8. The lowest BCUT2D eigenvalue weighted by Gasteiger charge is -2.33. The number of urea groups is 1. The molecule has 1 heterocycles. The molecular weight excluding hydrogens is 378 g/mol. The fourth-order valence-electron chi connectivity index (χ4n) is 3.59. The number of nitrogens with zero attached hydrogens (tertiary/aromatic N) is 1. The molecule has 3 amide bonds. The number of carbonyl (C=O) groups is 2. The summed E-state index contributed by atoms with van der Waals surface area (Å²) >= 11 is 0. The maximum atomic E-state index is 12.9. The van der Waals surface area contributed by atoms with Gasteiger partial charge < -0.3 is 20.3 Å². The van der Waals surface area contributed by atoms with E-state index in [1.807, 2.05) is 60.4 Å². The van der Waals surface area contributed by atoms with Gasteiger partial charge in [-0.05, 0) is 62.4 Å². The highest BCUT2D eigenvalue weighted by atomic mass is 16.5. The third-order valence-corrected chi connectivity index (χ3v) is 5.22. The summed E-state index contributed by atoms with van der Waals surface area (Å²) in [7, 11) is 0. The molecule has 0 aliphatic carbocycles. The molecule has 2 aromatic rings. The lowest BCUT2D eigenvalue weighted by atomic mass is 9.97. The Kier molecular flexibility index (Phi) is 7.71. The second-order valence-electron chi connectivity index (χ2n) is 7.84. The number of ether oxygens (including phenoxy) is 1. The number of amides is 3. The van der Waals surface area contributed by atoms with Gasteiger partial charge in [0.1, 0.15) is 5.75 Å². The molecule has 0 spiro atoms.